The van der Waals surface area contributed by atoms with Crippen LogP contribution in [0.2, 0.25) is 0 Å². The van der Waals surface area contributed by atoms with Crippen LogP contribution in [-0.2, 0) is 11.2 Å². The van der Waals surface area contributed by atoms with Gasteiger partial charge in [-0.3, -0.25) is 4.79 Å². The molecule has 0 fully saturated rings. The Morgan fingerprint density at radius 1 is 1.15 bits per heavy atom. The minimum Gasteiger partial charge on any atom is -0.310 e. The molecule has 20 heavy (non-hydrogen) atoms. The fraction of sp³-hybridized carbons (Fsp3) is 0.294. The first kappa shape index (κ1) is 14.3. The summed E-state index contributed by atoms with van der Waals surface area (Å²) < 4.78 is 0. The Morgan fingerprint density at radius 3 is 2.65 bits per heavy atom. The van der Waals surface area contributed by atoms with Crippen LogP contribution < -0.4 is 5.32 Å². The van der Waals surface area contributed by atoms with Gasteiger partial charge in [-0.05, 0) is 49.9 Å². The molecule has 1 N–H and O–H groups in total. The summed E-state index contributed by atoms with van der Waals surface area (Å²) in [6.45, 7) is 6.10. The summed E-state index contributed by atoms with van der Waals surface area (Å²) in [5.41, 5.74) is 4.70. The molecule has 1 aromatic heterocycles. The Balaban J connectivity index is 1.94. The van der Waals surface area contributed by atoms with Gasteiger partial charge in [-0.2, -0.15) is 0 Å². The van der Waals surface area contributed by atoms with Crippen molar-refractivity contribution >= 4 is 11.7 Å². The molecule has 2 rings (SSSR count). The summed E-state index contributed by atoms with van der Waals surface area (Å²) in [4.78, 5) is 16.1. The molecule has 0 unspecified atom stereocenters. The van der Waals surface area contributed by atoms with E-state index in [1.54, 1.807) is 6.20 Å². The molecule has 0 spiro atoms. The maximum absolute atomic E-state index is 12.0. The number of hydrogen-bond donors (Lipinski definition) is 1. The van der Waals surface area contributed by atoms with Crippen molar-refractivity contribution in [1.82, 2.24) is 4.98 Å². The van der Waals surface area contributed by atoms with Crippen molar-refractivity contribution in [3.05, 3.63) is 58.8 Å². The number of hydrogen-bond acceptors (Lipinski definition) is 2. The molecule has 1 heterocycles. The number of nitrogens with one attached hydrogen (secondary N) is 1. The van der Waals surface area contributed by atoms with E-state index in [2.05, 4.69) is 42.3 Å². The molecule has 0 bridgehead atoms. The molecule has 2 aromatic rings. The number of rotatable bonds is 4. The highest BCUT2D eigenvalue weighted by atomic mass is 16.1. The van der Waals surface area contributed by atoms with Gasteiger partial charge in [-0.1, -0.05) is 29.8 Å². The molecule has 3 heteroatoms. The average Bonchev–Trinajstić information content (AvgIpc) is 2.40. The maximum Gasteiger partial charge on any atom is 0.225 e. The van der Waals surface area contributed by atoms with Crippen LogP contribution in [0.25, 0.3) is 0 Å². The Hall–Kier alpha value is -2.16. The molecule has 1 amide bonds. The number of amides is 1. The van der Waals surface area contributed by atoms with Gasteiger partial charge in [0, 0.05) is 12.6 Å². The summed E-state index contributed by atoms with van der Waals surface area (Å²) in [7, 11) is 0. The number of nitrogens with zero attached hydrogens (tertiary/aromatic N) is 1. The van der Waals surface area contributed by atoms with Gasteiger partial charge in [-0.15, -0.1) is 0 Å². The summed E-state index contributed by atoms with van der Waals surface area (Å²) in [5.74, 6) is 0.657. The highest BCUT2D eigenvalue weighted by Crippen LogP contribution is 2.14. The van der Waals surface area contributed by atoms with Crippen LogP contribution in [0.5, 0.6) is 0 Å². The summed E-state index contributed by atoms with van der Waals surface area (Å²) in [5, 5.41) is 2.86. The number of pyridine rings is 1. The lowest BCUT2D eigenvalue weighted by Crippen LogP contribution is -2.14. The average molecular weight is 268 g/mol. The van der Waals surface area contributed by atoms with Gasteiger partial charge in [0.15, 0.2) is 0 Å². The SMILES string of the molecule is Cc1ccc(CCC(=O)Nc2ncccc2C)c(C)c1. The molecule has 104 valence electrons. The number of aromatic nitrogens is 1. The number of anilines is 1. The second kappa shape index (κ2) is 6.33. The van der Waals surface area contributed by atoms with Crippen LogP contribution in [0, 0.1) is 20.8 Å². The van der Waals surface area contributed by atoms with Crippen LogP contribution >= 0.6 is 0 Å². The van der Waals surface area contributed by atoms with Crippen LogP contribution in [0.4, 0.5) is 5.82 Å². The largest absolute Gasteiger partial charge is 0.310 e. The number of benzene rings is 1. The fourth-order valence-electron chi connectivity index (χ4n) is 2.19. The van der Waals surface area contributed by atoms with E-state index in [9.17, 15) is 4.79 Å². The van der Waals surface area contributed by atoms with Crippen molar-refractivity contribution in [2.24, 2.45) is 0 Å². The van der Waals surface area contributed by atoms with Crippen LogP contribution in [0.1, 0.15) is 28.7 Å². The molecule has 0 aliphatic rings. The standard InChI is InChI=1S/C17H20N2O/c1-12-6-7-15(14(3)11-12)8-9-16(20)19-17-13(2)5-4-10-18-17/h4-7,10-11H,8-9H2,1-3H3,(H,18,19,20). The van der Waals surface area contributed by atoms with Crippen molar-refractivity contribution in [1.29, 1.82) is 0 Å². The number of carbonyl (C=O) groups is 1. The molecule has 0 atom stereocenters. The fourth-order valence-corrected chi connectivity index (χ4v) is 2.19. The monoisotopic (exact) mass is 268 g/mol. The minimum atomic E-state index is 0.00627. The Morgan fingerprint density at radius 2 is 1.95 bits per heavy atom. The normalized spacial score (nSPS) is 10.3. The zero-order chi connectivity index (χ0) is 14.5. The second-order valence-electron chi connectivity index (χ2n) is 5.15. The Labute approximate surface area is 120 Å². The van der Waals surface area contributed by atoms with E-state index in [1.165, 1.54) is 16.7 Å². The predicted octanol–water partition coefficient (Wildman–Crippen LogP) is 3.58. The summed E-state index contributed by atoms with van der Waals surface area (Å²) in [6, 6.07) is 10.1. The molecular formula is C17H20N2O. The van der Waals surface area contributed by atoms with Gasteiger partial charge >= 0.3 is 0 Å². The Bertz CT molecular complexity index is 620. The van der Waals surface area contributed by atoms with E-state index in [-0.39, 0.29) is 5.91 Å². The lowest BCUT2D eigenvalue weighted by molar-refractivity contribution is -0.116. The van der Waals surface area contributed by atoms with Gasteiger partial charge in [-0.25, -0.2) is 4.98 Å². The van der Waals surface area contributed by atoms with E-state index >= 15 is 0 Å². The quantitative estimate of drug-likeness (QED) is 0.921. The van der Waals surface area contributed by atoms with Crippen molar-refractivity contribution < 1.29 is 4.79 Å². The summed E-state index contributed by atoms with van der Waals surface area (Å²) in [6.07, 6.45) is 2.91. The summed E-state index contributed by atoms with van der Waals surface area (Å²) >= 11 is 0. The first-order chi connectivity index (χ1) is 9.56. The Kier molecular flexibility index (Phi) is 4.51. The zero-order valence-electron chi connectivity index (χ0n) is 12.2. The van der Waals surface area contributed by atoms with Gasteiger partial charge in [0.2, 0.25) is 5.91 Å². The van der Waals surface area contributed by atoms with Crippen LogP contribution in [-0.4, -0.2) is 10.9 Å². The molecule has 3 nitrogen and oxygen atoms in total. The van der Waals surface area contributed by atoms with E-state index in [0.29, 0.717) is 12.2 Å². The van der Waals surface area contributed by atoms with Crippen molar-refractivity contribution in [2.75, 3.05) is 5.32 Å². The second-order valence-corrected chi connectivity index (χ2v) is 5.15. The van der Waals surface area contributed by atoms with Crippen molar-refractivity contribution in [2.45, 2.75) is 33.6 Å². The molecule has 0 aliphatic carbocycles. The van der Waals surface area contributed by atoms with E-state index in [4.69, 9.17) is 0 Å². The smallest absolute Gasteiger partial charge is 0.225 e. The van der Waals surface area contributed by atoms with Gasteiger partial charge in [0.1, 0.15) is 5.82 Å². The first-order valence-corrected chi connectivity index (χ1v) is 6.84. The third-order valence-electron chi connectivity index (χ3n) is 3.39. The van der Waals surface area contributed by atoms with Gasteiger partial charge < -0.3 is 5.32 Å². The highest BCUT2D eigenvalue weighted by Gasteiger charge is 2.07. The first-order valence-electron chi connectivity index (χ1n) is 6.84. The van der Waals surface area contributed by atoms with E-state index in [1.807, 2.05) is 19.1 Å². The van der Waals surface area contributed by atoms with Crippen molar-refractivity contribution in [3.63, 3.8) is 0 Å². The van der Waals surface area contributed by atoms with E-state index < -0.39 is 0 Å². The lowest BCUT2D eigenvalue weighted by atomic mass is 10.0. The number of aryl methyl sites for hydroxylation is 4. The maximum atomic E-state index is 12.0. The van der Waals surface area contributed by atoms with Crippen LogP contribution in [0.15, 0.2) is 36.5 Å². The lowest BCUT2D eigenvalue weighted by Gasteiger charge is -2.08. The number of carbonyl (C=O) groups excluding carboxylic acids is 1. The van der Waals surface area contributed by atoms with Crippen molar-refractivity contribution in [3.8, 4) is 0 Å². The molecule has 0 aliphatic heterocycles. The molecule has 1 aromatic carbocycles. The van der Waals surface area contributed by atoms with Gasteiger partial charge in [0.05, 0.1) is 0 Å². The topological polar surface area (TPSA) is 42.0 Å². The molecule has 0 radical (unpaired) electrons. The highest BCUT2D eigenvalue weighted by molar-refractivity contribution is 5.90. The minimum absolute atomic E-state index is 0.00627. The molecule has 0 saturated heterocycles. The molecular weight excluding hydrogens is 248 g/mol. The van der Waals surface area contributed by atoms with Crippen LogP contribution in [0.3, 0.4) is 0 Å². The van der Waals surface area contributed by atoms with Gasteiger partial charge in [0.25, 0.3) is 0 Å². The molecule has 0 saturated carbocycles. The van der Waals surface area contributed by atoms with E-state index in [0.717, 1.165) is 12.0 Å². The third-order valence-corrected chi connectivity index (χ3v) is 3.39. The third kappa shape index (κ3) is 3.67. The predicted molar refractivity (Wildman–Crippen MR) is 81.8 cm³/mol. The zero-order valence-corrected chi connectivity index (χ0v) is 12.2.